The molecule has 0 atom stereocenters. The molecule has 5 nitrogen and oxygen atoms in total. The highest BCUT2D eigenvalue weighted by Gasteiger charge is 2.24. The number of hydrogen-bond donors (Lipinski definition) is 1. The van der Waals surface area contributed by atoms with E-state index in [1.54, 1.807) is 24.3 Å². The lowest BCUT2D eigenvalue weighted by atomic mass is 10.2. The zero-order valence-electron chi connectivity index (χ0n) is 13.0. The van der Waals surface area contributed by atoms with Gasteiger partial charge in [-0.2, -0.15) is 0 Å². The van der Waals surface area contributed by atoms with E-state index in [9.17, 15) is 9.59 Å². The van der Waals surface area contributed by atoms with Crippen LogP contribution in [0.25, 0.3) is 0 Å². The van der Waals surface area contributed by atoms with Gasteiger partial charge < -0.3 is 10.1 Å². The molecule has 0 saturated carbocycles. The van der Waals surface area contributed by atoms with Crippen LogP contribution in [0.15, 0.2) is 48.5 Å². The van der Waals surface area contributed by atoms with Crippen molar-refractivity contribution >= 4 is 29.1 Å². The average Bonchev–Trinajstić information content (AvgIpc) is 2.74. The van der Waals surface area contributed by atoms with E-state index >= 15 is 0 Å². The summed E-state index contributed by atoms with van der Waals surface area (Å²) >= 11 is 5.84. The van der Waals surface area contributed by atoms with Crippen molar-refractivity contribution in [1.29, 1.82) is 0 Å². The minimum Gasteiger partial charge on any atom is -0.491 e. The monoisotopic (exact) mass is 344 g/mol. The molecule has 1 heterocycles. The fourth-order valence-electron chi connectivity index (χ4n) is 2.50. The van der Waals surface area contributed by atoms with Crippen LogP contribution in [-0.2, 0) is 16.1 Å². The van der Waals surface area contributed by atoms with Gasteiger partial charge in [0.25, 0.3) is 0 Å². The fraction of sp³-hybridized carbons (Fsp3) is 0.222. The smallest absolute Gasteiger partial charge is 0.240 e. The third-order valence-corrected chi connectivity index (χ3v) is 3.99. The molecule has 24 heavy (non-hydrogen) atoms. The molecule has 2 aromatic rings. The maximum atomic E-state index is 12.3. The fourth-order valence-corrected chi connectivity index (χ4v) is 2.62. The van der Waals surface area contributed by atoms with Gasteiger partial charge in [0.2, 0.25) is 11.8 Å². The first-order valence-electron chi connectivity index (χ1n) is 7.67. The number of ether oxygens (including phenoxy) is 1. The lowest BCUT2D eigenvalue weighted by Gasteiger charge is -2.21. The number of fused-ring (bicyclic) bond motifs is 1. The number of halogens is 1. The Morgan fingerprint density at radius 3 is 2.71 bits per heavy atom. The van der Waals surface area contributed by atoms with Crippen molar-refractivity contribution in [2.75, 3.05) is 18.1 Å². The van der Waals surface area contributed by atoms with Crippen LogP contribution in [0.3, 0.4) is 0 Å². The van der Waals surface area contributed by atoms with Gasteiger partial charge in [0, 0.05) is 11.6 Å². The minimum atomic E-state index is -0.227. The van der Waals surface area contributed by atoms with Gasteiger partial charge >= 0.3 is 0 Å². The summed E-state index contributed by atoms with van der Waals surface area (Å²) in [6.45, 7) is 0.668. The Hall–Kier alpha value is -2.53. The van der Waals surface area contributed by atoms with Crippen LogP contribution in [0.2, 0.25) is 5.02 Å². The van der Waals surface area contributed by atoms with Crippen LogP contribution in [0, 0.1) is 0 Å². The van der Waals surface area contributed by atoms with Crippen LogP contribution in [-0.4, -0.2) is 25.0 Å². The van der Waals surface area contributed by atoms with Crippen LogP contribution < -0.4 is 15.0 Å². The number of hydrogen-bond acceptors (Lipinski definition) is 3. The Kier molecular flexibility index (Phi) is 5.01. The summed E-state index contributed by atoms with van der Waals surface area (Å²) in [5.74, 6) is 0.269. The second kappa shape index (κ2) is 7.36. The molecule has 6 heteroatoms. The number of nitrogens with zero attached hydrogens (tertiary/aromatic N) is 1. The van der Waals surface area contributed by atoms with Crippen molar-refractivity contribution in [2.45, 2.75) is 13.0 Å². The Morgan fingerprint density at radius 2 is 1.92 bits per heavy atom. The Labute approximate surface area is 145 Å². The number of anilines is 1. The van der Waals surface area contributed by atoms with E-state index in [0.29, 0.717) is 29.6 Å². The van der Waals surface area contributed by atoms with E-state index in [2.05, 4.69) is 5.32 Å². The summed E-state index contributed by atoms with van der Waals surface area (Å²) in [5.41, 5.74) is 1.57. The summed E-state index contributed by atoms with van der Waals surface area (Å²) in [5, 5.41) is 3.47. The van der Waals surface area contributed by atoms with Gasteiger partial charge in [-0.3, -0.25) is 14.5 Å². The molecule has 1 N–H and O–H groups in total. The highest BCUT2D eigenvalue weighted by molar-refractivity contribution is 6.30. The van der Waals surface area contributed by atoms with Crippen LogP contribution >= 0.6 is 11.6 Å². The molecule has 1 aliphatic rings. The second-order valence-corrected chi connectivity index (χ2v) is 5.89. The normalized spacial score (nSPS) is 13.7. The molecule has 1 aliphatic heterocycles. The van der Waals surface area contributed by atoms with Gasteiger partial charge in [0.05, 0.1) is 18.7 Å². The summed E-state index contributed by atoms with van der Waals surface area (Å²) in [7, 11) is 0. The van der Waals surface area contributed by atoms with Gasteiger partial charge in [0.1, 0.15) is 12.3 Å². The number of nitrogens with one attached hydrogen (secondary N) is 1. The van der Waals surface area contributed by atoms with Crippen LogP contribution in [0.1, 0.15) is 12.0 Å². The molecule has 3 rings (SSSR count). The zero-order chi connectivity index (χ0) is 16.9. The van der Waals surface area contributed by atoms with E-state index in [1.807, 2.05) is 24.3 Å². The lowest BCUT2D eigenvalue weighted by molar-refractivity contribution is -0.124. The van der Waals surface area contributed by atoms with Crippen LogP contribution in [0.5, 0.6) is 5.75 Å². The standard InChI is InChI=1S/C18H17ClN2O3/c19-14-7-5-13(6-8-14)11-20-17(22)12-21-15-3-1-2-4-16(15)24-10-9-18(21)23/h1-8H,9-12H2,(H,20,22). The molecule has 2 aromatic carbocycles. The largest absolute Gasteiger partial charge is 0.491 e. The van der Waals surface area contributed by atoms with E-state index in [1.165, 1.54) is 4.90 Å². The highest BCUT2D eigenvalue weighted by Crippen LogP contribution is 2.30. The van der Waals surface area contributed by atoms with Crippen molar-refractivity contribution in [1.82, 2.24) is 5.32 Å². The molecule has 0 radical (unpaired) electrons. The zero-order valence-corrected chi connectivity index (χ0v) is 13.8. The summed E-state index contributed by atoms with van der Waals surface area (Å²) in [4.78, 5) is 26.0. The van der Waals surface area contributed by atoms with Crippen LogP contribution in [0.4, 0.5) is 5.69 Å². The van der Waals surface area contributed by atoms with Gasteiger partial charge in [-0.1, -0.05) is 35.9 Å². The summed E-state index contributed by atoms with van der Waals surface area (Å²) in [6.07, 6.45) is 0.249. The molecular formula is C18H17ClN2O3. The number of para-hydroxylation sites is 2. The molecule has 0 unspecified atom stereocenters. The molecule has 0 aliphatic carbocycles. The minimum absolute atomic E-state index is 0.0349. The van der Waals surface area contributed by atoms with Gasteiger partial charge in [-0.15, -0.1) is 0 Å². The van der Waals surface area contributed by atoms with E-state index in [-0.39, 0.29) is 24.8 Å². The predicted molar refractivity (Wildman–Crippen MR) is 92.2 cm³/mol. The molecule has 0 bridgehead atoms. The quantitative estimate of drug-likeness (QED) is 0.927. The lowest BCUT2D eigenvalue weighted by Crippen LogP contribution is -2.40. The van der Waals surface area contributed by atoms with Gasteiger partial charge in [-0.05, 0) is 29.8 Å². The van der Waals surface area contributed by atoms with Crippen molar-refractivity contribution in [3.05, 3.63) is 59.1 Å². The number of carbonyl (C=O) groups is 2. The summed E-state index contributed by atoms with van der Waals surface area (Å²) < 4.78 is 5.56. The number of carbonyl (C=O) groups excluding carboxylic acids is 2. The first-order chi connectivity index (χ1) is 11.6. The third kappa shape index (κ3) is 3.86. The maximum Gasteiger partial charge on any atom is 0.240 e. The first-order valence-corrected chi connectivity index (χ1v) is 8.04. The third-order valence-electron chi connectivity index (χ3n) is 3.74. The van der Waals surface area contributed by atoms with Gasteiger partial charge in [0.15, 0.2) is 0 Å². The van der Waals surface area contributed by atoms with E-state index in [4.69, 9.17) is 16.3 Å². The van der Waals surface area contributed by atoms with Crippen molar-refractivity contribution < 1.29 is 14.3 Å². The predicted octanol–water partition coefficient (Wildman–Crippen LogP) is 2.77. The average molecular weight is 345 g/mol. The molecule has 0 aromatic heterocycles. The highest BCUT2D eigenvalue weighted by atomic mass is 35.5. The molecule has 0 saturated heterocycles. The SMILES string of the molecule is O=C(CN1C(=O)CCOc2ccccc21)NCc1ccc(Cl)cc1. The molecule has 124 valence electrons. The first kappa shape index (κ1) is 16.3. The Balaban J connectivity index is 1.66. The maximum absolute atomic E-state index is 12.3. The molecule has 0 spiro atoms. The van der Waals surface area contributed by atoms with Gasteiger partial charge in [-0.25, -0.2) is 0 Å². The van der Waals surface area contributed by atoms with Crippen molar-refractivity contribution in [2.24, 2.45) is 0 Å². The van der Waals surface area contributed by atoms with Crippen molar-refractivity contribution in [3.63, 3.8) is 0 Å². The van der Waals surface area contributed by atoms with Crippen molar-refractivity contribution in [3.8, 4) is 5.75 Å². The van der Waals surface area contributed by atoms with E-state index in [0.717, 1.165) is 5.56 Å². The number of amides is 2. The topological polar surface area (TPSA) is 58.6 Å². The second-order valence-electron chi connectivity index (χ2n) is 5.45. The summed E-state index contributed by atoms with van der Waals surface area (Å²) in [6, 6.07) is 14.5. The molecular weight excluding hydrogens is 328 g/mol. The molecule has 2 amide bonds. The Morgan fingerprint density at radius 1 is 1.17 bits per heavy atom. The van der Waals surface area contributed by atoms with E-state index < -0.39 is 0 Å². The number of benzene rings is 2. The molecule has 0 fully saturated rings. The Bertz CT molecular complexity index is 746. The number of rotatable bonds is 4.